The molecule has 3 nitrogen and oxygen atoms in total. The van der Waals surface area contributed by atoms with Crippen LogP contribution < -0.4 is 5.73 Å². The maximum absolute atomic E-state index is 8.89. The molecule has 0 aromatic rings. The maximum Gasteiger partial charge on any atom is 0.0666 e. The molecule has 16 heavy (non-hydrogen) atoms. The summed E-state index contributed by atoms with van der Waals surface area (Å²) < 4.78 is 0. The Morgan fingerprint density at radius 2 is 1.81 bits per heavy atom. The van der Waals surface area contributed by atoms with E-state index in [4.69, 9.17) is 11.0 Å². The average Bonchev–Trinajstić information content (AvgIpc) is 2.13. The predicted molar refractivity (Wildman–Crippen MR) is 68.9 cm³/mol. The van der Waals surface area contributed by atoms with Gasteiger partial charge < -0.3 is 5.73 Å². The Labute approximate surface area is 101 Å². The summed E-state index contributed by atoms with van der Waals surface area (Å²) in [4.78, 5) is 2.33. The highest BCUT2D eigenvalue weighted by Crippen LogP contribution is 2.26. The SMILES string of the molecule is CCN(CC(C)C#N)C(C(C)N)C(C)(C)C. The number of rotatable bonds is 5. The van der Waals surface area contributed by atoms with Gasteiger partial charge in [-0.15, -0.1) is 0 Å². The van der Waals surface area contributed by atoms with E-state index in [0.717, 1.165) is 13.1 Å². The van der Waals surface area contributed by atoms with Crippen molar-refractivity contribution in [1.82, 2.24) is 4.90 Å². The van der Waals surface area contributed by atoms with Crippen molar-refractivity contribution < 1.29 is 0 Å². The standard InChI is InChI=1S/C13H27N3/c1-7-16(9-10(2)8-14)12(11(3)15)13(4,5)6/h10-12H,7,9,15H2,1-6H3. The third-order valence-corrected chi connectivity index (χ3v) is 2.91. The van der Waals surface area contributed by atoms with Crippen LogP contribution in [0.4, 0.5) is 0 Å². The highest BCUT2D eigenvalue weighted by atomic mass is 15.2. The van der Waals surface area contributed by atoms with Gasteiger partial charge in [-0.2, -0.15) is 5.26 Å². The molecule has 0 bridgehead atoms. The minimum absolute atomic E-state index is 0.0588. The third-order valence-electron chi connectivity index (χ3n) is 2.91. The lowest BCUT2D eigenvalue weighted by Crippen LogP contribution is -2.54. The topological polar surface area (TPSA) is 53.0 Å². The van der Waals surface area contributed by atoms with Crippen LogP contribution in [0.3, 0.4) is 0 Å². The number of likely N-dealkylation sites (N-methyl/N-ethyl adjacent to an activating group) is 1. The molecule has 0 amide bonds. The summed E-state index contributed by atoms with van der Waals surface area (Å²) in [5, 5.41) is 8.89. The first-order valence-electron chi connectivity index (χ1n) is 6.13. The van der Waals surface area contributed by atoms with Gasteiger partial charge in [-0.1, -0.05) is 27.7 Å². The number of nitriles is 1. The molecule has 0 aliphatic carbocycles. The van der Waals surface area contributed by atoms with Crippen molar-refractivity contribution in [3.8, 4) is 6.07 Å². The molecule has 0 saturated carbocycles. The van der Waals surface area contributed by atoms with E-state index in [2.05, 4.69) is 45.6 Å². The molecule has 0 fully saturated rings. The molecular formula is C13H27N3. The molecule has 0 radical (unpaired) electrons. The first-order chi connectivity index (χ1) is 7.23. The van der Waals surface area contributed by atoms with Gasteiger partial charge in [0.2, 0.25) is 0 Å². The van der Waals surface area contributed by atoms with Crippen molar-refractivity contribution in [1.29, 1.82) is 5.26 Å². The van der Waals surface area contributed by atoms with Crippen molar-refractivity contribution in [2.24, 2.45) is 17.1 Å². The zero-order valence-electron chi connectivity index (χ0n) is 11.6. The van der Waals surface area contributed by atoms with E-state index in [1.807, 2.05) is 6.92 Å². The molecule has 0 spiro atoms. The largest absolute Gasteiger partial charge is 0.327 e. The fourth-order valence-electron chi connectivity index (χ4n) is 2.50. The van der Waals surface area contributed by atoms with Gasteiger partial charge in [0.25, 0.3) is 0 Å². The van der Waals surface area contributed by atoms with Gasteiger partial charge in [0.05, 0.1) is 12.0 Å². The zero-order chi connectivity index (χ0) is 12.9. The Kier molecular flexibility index (Phi) is 5.99. The van der Waals surface area contributed by atoms with E-state index < -0.39 is 0 Å². The van der Waals surface area contributed by atoms with E-state index in [1.54, 1.807) is 0 Å². The molecule has 0 heterocycles. The second kappa shape index (κ2) is 6.22. The molecule has 0 aromatic heterocycles. The van der Waals surface area contributed by atoms with Crippen LogP contribution in [-0.4, -0.2) is 30.1 Å². The number of hydrogen-bond donors (Lipinski definition) is 1. The maximum atomic E-state index is 8.89. The third kappa shape index (κ3) is 4.51. The van der Waals surface area contributed by atoms with Crippen LogP contribution in [0.2, 0.25) is 0 Å². The Bertz CT molecular complexity index is 235. The van der Waals surface area contributed by atoms with Gasteiger partial charge in [-0.05, 0) is 25.8 Å². The summed E-state index contributed by atoms with van der Waals surface area (Å²) >= 11 is 0. The van der Waals surface area contributed by atoms with E-state index >= 15 is 0 Å². The van der Waals surface area contributed by atoms with Crippen molar-refractivity contribution in [2.75, 3.05) is 13.1 Å². The highest BCUT2D eigenvalue weighted by Gasteiger charge is 2.32. The molecule has 3 heteroatoms. The number of nitrogens with two attached hydrogens (primary N) is 1. The predicted octanol–water partition coefficient (Wildman–Crippen LogP) is 2.23. The van der Waals surface area contributed by atoms with Crippen molar-refractivity contribution in [3.05, 3.63) is 0 Å². The summed E-state index contributed by atoms with van der Waals surface area (Å²) in [5.74, 6) is 0.0588. The van der Waals surface area contributed by atoms with E-state index in [9.17, 15) is 0 Å². The van der Waals surface area contributed by atoms with Gasteiger partial charge in [0, 0.05) is 18.6 Å². The molecule has 3 atom stereocenters. The average molecular weight is 225 g/mol. The number of nitrogens with zero attached hydrogens (tertiary/aromatic N) is 2. The van der Waals surface area contributed by atoms with Crippen LogP contribution in [0.1, 0.15) is 41.5 Å². The van der Waals surface area contributed by atoms with Crippen molar-refractivity contribution >= 4 is 0 Å². The smallest absolute Gasteiger partial charge is 0.0666 e. The lowest BCUT2D eigenvalue weighted by atomic mass is 9.81. The van der Waals surface area contributed by atoms with Gasteiger partial charge in [-0.3, -0.25) is 4.90 Å². The first-order valence-corrected chi connectivity index (χ1v) is 6.13. The molecule has 0 aliphatic heterocycles. The summed E-state index contributed by atoms with van der Waals surface area (Å²) in [5.41, 5.74) is 6.23. The summed E-state index contributed by atoms with van der Waals surface area (Å²) in [7, 11) is 0. The summed E-state index contributed by atoms with van der Waals surface area (Å²) in [6.07, 6.45) is 0. The lowest BCUT2D eigenvalue weighted by molar-refractivity contribution is 0.0800. The Hall–Kier alpha value is -0.590. The van der Waals surface area contributed by atoms with Gasteiger partial charge >= 0.3 is 0 Å². The molecular weight excluding hydrogens is 198 g/mol. The summed E-state index contributed by atoms with van der Waals surface area (Å²) in [6, 6.07) is 2.72. The Balaban J connectivity index is 4.81. The zero-order valence-corrected chi connectivity index (χ0v) is 11.6. The quantitative estimate of drug-likeness (QED) is 0.780. The first kappa shape index (κ1) is 15.4. The Morgan fingerprint density at radius 1 is 1.31 bits per heavy atom. The fourth-order valence-corrected chi connectivity index (χ4v) is 2.50. The second-order valence-corrected chi connectivity index (χ2v) is 5.79. The van der Waals surface area contributed by atoms with E-state index in [1.165, 1.54) is 0 Å². The van der Waals surface area contributed by atoms with E-state index in [0.29, 0.717) is 6.04 Å². The van der Waals surface area contributed by atoms with Gasteiger partial charge in [-0.25, -0.2) is 0 Å². The van der Waals surface area contributed by atoms with Crippen molar-refractivity contribution in [3.63, 3.8) is 0 Å². The Morgan fingerprint density at radius 3 is 2.06 bits per heavy atom. The fraction of sp³-hybridized carbons (Fsp3) is 0.923. The molecule has 0 aromatic carbocycles. The van der Waals surface area contributed by atoms with Crippen LogP contribution >= 0.6 is 0 Å². The van der Waals surface area contributed by atoms with E-state index in [-0.39, 0.29) is 17.4 Å². The van der Waals surface area contributed by atoms with Crippen LogP contribution in [0.25, 0.3) is 0 Å². The minimum Gasteiger partial charge on any atom is -0.327 e. The van der Waals surface area contributed by atoms with Crippen LogP contribution in [0, 0.1) is 22.7 Å². The van der Waals surface area contributed by atoms with Gasteiger partial charge in [0.1, 0.15) is 0 Å². The van der Waals surface area contributed by atoms with Crippen LogP contribution in [-0.2, 0) is 0 Å². The highest BCUT2D eigenvalue weighted by molar-refractivity contribution is 4.91. The van der Waals surface area contributed by atoms with Gasteiger partial charge in [0.15, 0.2) is 0 Å². The molecule has 0 aliphatic rings. The lowest BCUT2D eigenvalue weighted by Gasteiger charge is -2.42. The van der Waals surface area contributed by atoms with Crippen molar-refractivity contribution in [2.45, 2.75) is 53.6 Å². The molecule has 0 saturated heterocycles. The van der Waals surface area contributed by atoms with Crippen LogP contribution in [0.5, 0.6) is 0 Å². The molecule has 94 valence electrons. The normalized spacial score (nSPS) is 17.9. The van der Waals surface area contributed by atoms with Crippen LogP contribution in [0.15, 0.2) is 0 Å². The summed E-state index contributed by atoms with van der Waals surface area (Å²) in [6.45, 7) is 14.5. The molecule has 3 unspecified atom stereocenters. The second-order valence-electron chi connectivity index (χ2n) is 5.79. The number of hydrogen-bond acceptors (Lipinski definition) is 3. The monoisotopic (exact) mass is 225 g/mol. The molecule has 2 N–H and O–H groups in total. The molecule has 0 rings (SSSR count). The minimum atomic E-state index is 0.0588.